The topological polar surface area (TPSA) is 92.0 Å². The van der Waals surface area contributed by atoms with Crippen LogP contribution in [0.4, 0.5) is 0 Å². The van der Waals surface area contributed by atoms with Crippen molar-refractivity contribution in [2.45, 2.75) is 26.4 Å². The second-order valence-electron chi connectivity index (χ2n) is 6.00. The molecule has 2 heterocycles. The van der Waals surface area contributed by atoms with Gasteiger partial charge in [-0.1, -0.05) is 25.2 Å². The maximum absolute atomic E-state index is 12.1. The second-order valence-corrected chi connectivity index (χ2v) is 6.99. The molecule has 3 rings (SSSR count). The number of nitrogens with zero attached hydrogens (tertiary/aromatic N) is 3. The van der Waals surface area contributed by atoms with Gasteiger partial charge in [-0.2, -0.15) is 9.61 Å². The van der Waals surface area contributed by atoms with Crippen LogP contribution in [0.15, 0.2) is 35.1 Å². The highest BCUT2D eigenvalue weighted by atomic mass is 32.1. The zero-order valence-electron chi connectivity index (χ0n) is 15.2. The van der Waals surface area contributed by atoms with Crippen molar-refractivity contribution in [1.29, 1.82) is 0 Å². The first kappa shape index (κ1) is 18.8. The molecule has 0 aliphatic heterocycles. The summed E-state index contributed by atoms with van der Waals surface area (Å²) in [6.45, 7) is 3.64. The first-order valence-corrected chi connectivity index (χ1v) is 9.10. The maximum atomic E-state index is 12.1. The smallest absolute Gasteiger partial charge is 0.344 e. The Kier molecular flexibility index (Phi) is 5.70. The Morgan fingerprint density at radius 1 is 1.22 bits per heavy atom. The zero-order chi connectivity index (χ0) is 19.4. The van der Waals surface area contributed by atoms with Gasteiger partial charge in [0, 0.05) is 12.0 Å². The van der Waals surface area contributed by atoms with E-state index in [9.17, 15) is 9.59 Å². The fourth-order valence-corrected chi connectivity index (χ4v) is 3.11. The van der Waals surface area contributed by atoms with Crippen LogP contribution < -0.4 is 15.0 Å². The van der Waals surface area contributed by atoms with Crippen LogP contribution >= 0.6 is 11.3 Å². The molecule has 9 heteroatoms. The average Bonchev–Trinajstić information content (AvgIpc) is 3.10. The Labute approximate surface area is 159 Å². The quantitative estimate of drug-likeness (QED) is 0.573. The van der Waals surface area contributed by atoms with Crippen LogP contribution in [0.5, 0.6) is 11.5 Å². The Balaban J connectivity index is 1.58. The summed E-state index contributed by atoms with van der Waals surface area (Å²) in [5.41, 5.74) is 0.0698. The summed E-state index contributed by atoms with van der Waals surface area (Å²) >= 11 is 1.34. The van der Waals surface area contributed by atoms with Gasteiger partial charge < -0.3 is 14.2 Å². The van der Waals surface area contributed by atoms with Gasteiger partial charge in [0.15, 0.2) is 6.61 Å². The molecule has 1 aromatic carbocycles. The lowest BCUT2D eigenvalue weighted by Crippen LogP contribution is -2.18. The lowest BCUT2D eigenvalue weighted by molar-refractivity contribution is -0.147. The van der Waals surface area contributed by atoms with Crippen LogP contribution in [0.3, 0.4) is 0 Å². The summed E-state index contributed by atoms with van der Waals surface area (Å²) in [5.74, 6) is 0.866. The van der Waals surface area contributed by atoms with Crippen molar-refractivity contribution in [1.82, 2.24) is 14.6 Å². The minimum Gasteiger partial charge on any atom is -0.497 e. The highest BCUT2D eigenvalue weighted by Gasteiger charge is 2.12. The maximum Gasteiger partial charge on any atom is 0.344 e. The SMILES string of the molecule is COc1ccc(OCC(=O)OCc2cc(=O)n3nc(C(C)C)sc3n2)cc1. The molecule has 0 spiro atoms. The van der Waals surface area contributed by atoms with E-state index < -0.39 is 5.97 Å². The fraction of sp³-hybridized carbons (Fsp3) is 0.333. The molecule has 0 saturated heterocycles. The lowest BCUT2D eigenvalue weighted by atomic mass is 10.2. The first-order chi connectivity index (χ1) is 13.0. The van der Waals surface area contributed by atoms with Crippen LogP contribution in [0, 0.1) is 0 Å². The number of benzene rings is 1. The number of rotatable bonds is 7. The van der Waals surface area contributed by atoms with Crippen LogP contribution in [-0.4, -0.2) is 34.3 Å². The molecule has 0 unspecified atom stereocenters. The zero-order valence-corrected chi connectivity index (χ0v) is 16.0. The van der Waals surface area contributed by atoms with Crippen molar-refractivity contribution in [2.75, 3.05) is 13.7 Å². The predicted molar refractivity (Wildman–Crippen MR) is 99.5 cm³/mol. The van der Waals surface area contributed by atoms with E-state index in [1.54, 1.807) is 31.4 Å². The first-order valence-electron chi connectivity index (χ1n) is 8.28. The second kappa shape index (κ2) is 8.17. The molecule has 0 N–H and O–H groups in total. The Hall–Kier alpha value is -2.94. The molecule has 3 aromatic rings. The van der Waals surface area contributed by atoms with Gasteiger partial charge >= 0.3 is 5.97 Å². The van der Waals surface area contributed by atoms with Gasteiger partial charge in [0.05, 0.1) is 12.8 Å². The number of carbonyl (C=O) groups is 1. The molecule has 0 saturated carbocycles. The normalized spacial score (nSPS) is 11.0. The van der Waals surface area contributed by atoms with Gasteiger partial charge in [-0.3, -0.25) is 4.79 Å². The monoisotopic (exact) mass is 389 g/mol. The number of aromatic nitrogens is 3. The summed E-state index contributed by atoms with van der Waals surface area (Å²) in [7, 11) is 1.57. The number of methoxy groups -OCH3 is 1. The molecular weight excluding hydrogens is 370 g/mol. The summed E-state index contributed by atoms with van der Waals surface area (Å²) < 4.78 is 16.8. The number of ether oxygens (including phenoxy) is 3. The Morgan fingerprint density at radius 2 is 1.93 bits per heavy atom. The molecule has 0 fully saturated rings. The van der Waals surface area contributed by atoms with E-state index in [1.165, 1.54) is 21.9 Å². The summed E-state index contributed by atoms with van der Waals surface area (Å²) in [5, 5.41) is 5.07. The standard InChI is InChI=1S/C18H19N3O5S/c1-11(2)17-20-21-15(22)8-12(19-18(21)27-17)9-26-16(23)10-25-14-6-4-13(24-3)5-7-14/h4-8,11H,9-10H2,1-3H3. The van der Waals surface area contributed by atoms with E-state index in [-0.39, 0.29) is 24.7 Å². The van der Waals surface area contributed by atoms with Crippen molar-refractivity contribution in [3.05, 3.63) is 51.4 Å². The van der Waals surface area contributed by atoms with E-state index in [0.717, 1.165) is 5.01 Å². The average molecular weight is 389 g/mol. The van der Waals surface area contributed by atoms with Crippen molar-refractivity contribution < 1.29 is 19.0 Å². The number of carbonyl (C=O) groups excluding carboxylic acids is 1. The molecule has 0 aliphatic carbocycles. The molecular formula is C18H19N3O5S. The molecule has 0 bridgehead atoms. The molecule has 0 radical (unpaired) electrons. The molecule has 2 aromatic heterocycles. The van der Waals surface area contributed by atoms with Crippen LogP contribution in [-0.2, 0) is 16.1 Å². The summed E-state index contributed by atoms with van der Waals surface area (Å²) in [6.07, 6.45) is 0. The summed E-state index contributed by atoms with van der Waals surface area (Å²) in [4.78, 5) is 28.8. The molecule has 27 heavy (non-hydrogen) atoms. The number of fused-ring (bicyclic) bond motifs is 1. The van der Waals surface area contributed by atoms with Gasteiger partial charge in [-0.05, 0) is 24.3 Å². The van der Waals surface area contributed by atoms with Crippen LogP contribution in [0.25, 0.3) is 4.96 Å². The molecule has 8 nitrogen and oxygen atoms in total. The number of esters is 1. The van der Waals surface area contributed by atoms with Crippen molar-refractivity contribution in [3.63, 3.8) is 0 Å². The third-order valence-corrected chi connectivity index (χ3v) is 4.81. The molecule has 0 aliphatic rings. The minimum atomic E-state index is -0.556. The predicted octanol–water partition coefficient (Wildman–Crippen LogP) is 2.41. The van der Waals surface area contributed by atoms with Gasteiger partial charge in [-0.25, -0.2) is 9.78 Å². The molecule has 142 valence electrons. The van der Waals surface area contributed by atoms with Crippen LogP contribution in [0.1, 0.15) is 30.5 Å². The van der Waals surface area contributed by atoms with Gasteiger partial charge in [0.2, 0.25) is 4.96 Å². The molecule has 0 atom stereocenters. The van der Waals surface area contributed by atoms with Gasteiger partial charge in [0.1, 0.15) is 23.1 Å². The third kappa shape index (κ3) is 4.62. The third-order valence-electron chi connectivity index (χ3n) is 3.60. The lowest BCUT2D eigenvalue weighted by Gasteiger charge is -2.07. The van der Waals surface area contributed by atoms with E-state index >= 15 is 0 Å². The Morgan fingerprint density at radius 3 is 2.59 bits per heavy atom. The highest BCUT2D eigenvalue weighted by molar-refractivity contribution is 7.16. The van der Waals surface area contributed by atoms with Crippen molar-refractivity contribution in [3.8, 4) is 11.5 Å². The Bertz CT molecular complexity index is 994. The van der Waals surface area contributed by atoms with E-state index in [1.807, 2.05) is 13.8 Å². The number of hydrogen-bond acceptors (Lipinski definition) is 8. The van der Waals surface area contributed by atoms with Crippen molar-refractivity contribution >= 4 is 22.3 Å². The van der Waals surface area contributed by atoms with Gasteiger partial charge in [-0.15, -0.1) is 0 Å². The van der Waals surface area contributed by atoms with E-state index in [2.05, 4.69) is 10.1 Å². The largest absolute Gasteiger partial charge is 0.497 e. The van der Waals surface area contributed by atoms with E-state index in [4.69, 9.17) is 14.2 Å². The minimum absolute atomic E-state index is 0.106. The van der Waals surface area contributed by atoms with E-state index in [0.29, 0.717) is 22.2 Å². The fourth-order valence-electron chi connectivity index (χ4n) is 2.19. The number of hydrogen-bond donors (Lipinski definition) is 0. The van der Waals surface area contributed by atoms with Gasteiger partial charge in [0.25, 0.3) is 5.56 Å². The highest BCUT2D eigenvalue weighted by Crippen LogP contribution is 2.20. The summed E-state index contributed by atoms with van der Waals surface area (Å²) in [6, 6.07) is 8.16. The van der Waals surface area contributed by atoms with Crippen LogP contribution in [0.2, 0.25) is 0 Å². The molecule has 0 amide bonds. The van der Waals surface area contributed by atoms with Crippen molar-refractivity contribution in [2.24, 2.45) is 0 Å².